The van der Waals surface area contributed by atoms with Crippen LogP contribution in [0.25, 0.3) is 0 Å². The fourth-order valence-corrected chi connectivity index (χ4v) is 5.95. The van der Waals surface area contributed by atoms with Crippen molar-refractivity contribution in [1.29, 1.82) is 0 Å². The Morgan fingerprint density at radius 2 is 1.75 bits per heavy atom. The van der Waals surface area contributed by atoms with E-state index in [0.29, 0.717) is 6.04 Å². The smallest absolute Gasteiger partial charge is 0.149 e. The molecule has 1 aromatic rings. The molecule has 4 aliphatic carbocycles. The normalized spacial score (nSPS) is 41.9. The van der Waals surface area contributed by atoms with E-state index >= 15 is 0 Å². The maximum atomic E-state index is 6.20. The minimum Gasteiger partial charge on any atom is -0.382 e. The van der Waals surface area contributed by atoms with E-state index in [1.807, 2.05) is 0 Å². The van der Waals surface area contributed by atoms with Crippen molar-refractivity contribution in [1.82, 2.24) is 15.1 Å². The van der Waals surface area contributed by atoms with E-state index < -0.39 is 0 Å². The third-order valence-corrected chi connectivity index (χ3v) is 6.45. The van der Waals surface area contributed by atoms with E-state index in [-0.39, 0.29) is 0 Å². The fraction of sp³-hybridized carbons (Fsp3) is 0.812. The Morgan fingerprint density at radius 1 is 1.05 bits per heavy atom. The molecule has 6 rings (SSSR count). The molecule has 108 valence electrons. The monoisotopic (exact) mass is 272 g/mol. The first-order valence-electron chi connectivity index (χ1n) is 8.36. The Kier molecular flexibility index (Phi) is 2.32. The highest BCUT2D eigenvalue weighted by molar-refractivity contribution is 5.44. The van der Waals surface area contributed by atoms with Crippen LogP contribution in [0, 0.1) is 23.7 Å². The van der Waals surface area contributed by atoms with Crippen molar-refractivity contribution in [3.8, 4) is 0 Å². The summed E-state index contributed by atoms with van der Waals surface area (Å²) in [4.78, 5) is 0. The highest BCUT2D eigenvalue weighted by atomic mass is 15.3. The highest BCUT2D eigenvalue weighted by Gasteiger charge is 2.49. The van der Waals surface area contributed by atoms with Gasteiger partial charge >= 0.3 is 0 Å². The van der Waals surface area contributed by atoms with Gasteiger partial charge in [-0.3, -0.25) is 4.68 Å². The van der Waals surface area contributed by atoms with Gasteiger partial charge in [-0.05, 0) is 68.7 Å². The van der Waals surface area contributed by atoms with Gasteiger partial charge in [-0.15, -0.1) is 0 Å². The third-order valence-electron chi connectivity index (χ3n) is 6.45. The zero-order chi connectivity index (χ0) is 13.3. The summed E-state index contributed by atoms with van der Waals surface area (Å²) in [6.45, 7) is 2.01. The van der Waals surface area contributed by atoms with E-state index in [1.165, 1.54) is 43.4 Å². The summed E-state index contributed by atoms with van der Waals surface area (Å²) < 4.78 is 2.37. The Morgan fingerprint density at radius 3 is 2.45 bits per heavy atom. The quantitative estimate of drug-likeness (QED) is 0.823. The number of nitrogen functional groups attached to an aromatic ring is 1. The molecular formula is C16H24N4. The Balaban J connectivity index is 1.57. The first-order chi connectivity index (χ1) is 9.79. The number of nitrogens with one attached hydrogen (secondary N) is 1. The topological polar surface area (TPSA) is 55.9 Å². The van der Waals surface area contributed by atoms with Crippen LogP contribution in [0.4, 0.5) is 5.82 Å². The second-order valence-corrected chi connectivity index (χ2v) is 7.60. The lowest BCUT2D eigenvalue weighted by Crippen LogP contribution is -2.46. The predicted octanol–water partition coefficient (Wildman–Crippen LogP) is 2.11. The van der Waals surface area contributed by atoms with Gasteiger partial charge in [-0.25, -0.2) is 0 Å². The zero-order valence-electron chi connectivity index (χ0n) is 12.0. The summed E-state index contributed by atoms with van der Waals surface area (Å²) >= 11 is 0. The Labute approximate surface area is 120 Å². The predicted molar refractivity (Wildman–Crippen MR) is 78.1 cm³/mol. The molecule has 0 radical (unpaired) electrons. The average Bonchev–Trinajstić information content (AvgIpc) is 2.76. The van der Waals surface area contributed by atoms with Crippen molar-refractivity contribution in [3.63, 3.8) is 0 Å². The van der Waals surface area contributed by atoms with Crippen molar-refractivity contribution in [3.05, 3.63) is 11.3 Å². The number of nitrogens with zero attached hydrogens (tertiary/aromatic N) is 2. The maximum Gasteiger partial charge on any atom is 0.149 e. The van der Waals surface area contributed by atoms with Crippen molar-refractivity contribution in [2.45, 2.75) is 51.1 Å². The van der Waals surface area contributed by atoms with Crippen LogP contribution in [0.1, 0.15) is 49.4 Å². The number of hydrogen-bond donors (Lipinski definition) is 2. The molecule has 2 heterocycles. The SMILES string of the molecule is Nc1nn(C2C3CC4CC(C3)CC2C4)c2c1CCNC2. The molecule has 4 nitrogen and oxygen atoms in total. The van der Waals surface area contributed by atoms with E-state index in [2.05, 4.69) is 10.00 Å². The Hall–Kier alpha value is -1.03. The lowest BCUT2D eigenvalue weighted by Gasteiger charge is -2.54. The van der Waals surface area contributed by atoms with Gasteiger partial charge < -0.3 is 11.1 Å². The second kappa shape index (κ2) is 4.00. The molecule has 3 N–H and O–H groups in total. The number of aromatic nitrogens is 2. The molecule has 4 saturated carbocycles. The molecule has 5 aliphatic rings. The molecule has 1 aromatic heterocycles. The number of anilines is 1. The van der Waals surface area contributed by atoms with Crippen LogP contribution in [-0.4, -0.2) is 16.3 Å². The summed E-state index contributed by atoms with van der Waals surface area (Å²) in [5.41, 5.74) is 8.92. The molecule has 4 bridgehead atoms. The van der Waals surface area contributed by atoms with Crippen molar-refractivity contribution < 1.29 is 0 Å². The lowest BCUT2D eigenvalue weighted by atomic mass is 9.54. The molecule has 20 heavy (non-hydrogen) atoms. The van der Waals surface area contributed by atoms with Gasteiger partial charge in [0.25, 0.3) is 0 Å². The molecule has 1 aliphatic heterocycles. The van der Waals surface area contributed by atoms with E-state index in [1.54, 1.807) is 0 Å². The zero-order valence-corrected chi connectivity index (χ0v) is 12.0. The molecule has 4 heteroatoms. The van der Waals surface area contributed by atoms with Gasteiger partial charge in [0.15, 0.2) is 0 Å². The summed E-state index contributed by atoms with van der Waals surface area (Å²) in [7, 11) is 0. The lowest BCUT2D eigenvalue weighted by molar-refractivity contribution is -0.0347. The van der Waals surface area contributed by atoms with Crippen LogP contribution in [0.5, 0.6) is 0 Å². The van der Waals surface area contributed by atoms with E-state index in [0.717, 1.165) is 49.0 Å². The summed E-state index contributed by atoms with van der Waals surface area (Å²) in [5, 5.41) is 8.29. The molecule has 4 fully saturated rings. The van der Waals surface area contributed by atoms with Gasteiger partial charge in [0, 0.05) is 12.1 Å². The molecule has 0 aromatic carbocycles. The van der Waals surface area contributed by atoms with Gasteiger partial charge in [0.1, 0.15) is 5.82 Å². The fourth-order valence-electron chi connectivity index (χ4n) is 5.95. The number of hydrogen-bond acceptors (Lipinski definition) is 3. The second-order valence-electron chi connectivity index (χ2n) is 7.60. The number of fused-ring (bicyclic) bond motifs is 1. The molecule has 0 spiro atoms. The Bertz CT molecular complexity index is 519. The minimum atomic E-state index is 0.647. The van der Waals surface area contributed by atoms with E-state index in [9.17, 15) is 0 Å². The maximum absolute atomic E-state index is 6.20. The molecular weight excluding hydrogens is 248 g/mol. The van der Waals surface area contributed by atoms with Gasteiger partial charge in [0.2, 0.25) is 0 Å². The van der Waals surface area contributed by atoms with Gasteiger partial charge in [-0.1, -0.05) is 0 Å². The van der Waals surface area contributed by atoms with Crippen molar-refractivity contribution in [2.24, 2.45) is 23.7 Å². The summed E-state index contributed by atoms with van der Waals surface area (Å²) in [6.07, 6.45) is 8.34. The largest absolute Gasteiger partial charge is 0.382 e. The van der Waals surface area contributed by atoms with Crippen LogP contribution in [0.2, 0.25) is 0 Å². The molecule has 0 saturated heterocycles. The average molecular weight is 272 g/mol. The van der Waals surface area contributed by atoms with Crippen molar-refractivity contribution >= 4 is 5.82 Å². The van der Waals surface area contributed by atoms with Crippen LogP contribution in [-0.2, 0) is 13.0 Å². The standard InChI is InChI=1S/C16H24N4/c17-16-13-1-2-18-8-14(13)20(19-16)15-11-4-9-3-10(6-11)7-12(15)5-9/h9-12,15,18H,1-8H2,(H2,17,19). The molecule has 0 amide bonds. The summed E-state index contributed by atoms with van der Waals surface area (Å²) in [5.74, 6) is 4.59. The first-order valence-corrected chi connectivity index (χ1v) is 8.36. The van der Waals surface area contributed by atoms with Crippen LogP contribution in [0.3, 0.4) is 0 Å². The number of rotatable bonds is 1. The van der Waals surface area contributed by atoms with E-state index in [4.69, 9.17) is 10.8 Å². The highest BCUT2D eigenvalue weighted by Crippen LogP contribution is 2.58. The van der Waals surface area contributed by atoms with Gasteiger partial charge in [-0.2, -0.15) is 5.10 Å². The van der Waals surface area contributed by atoms with Crippen LogP contribution in [0.15, 0.2) is 0 Å². The molecule has 0 atom stereocenters. The minimum absolute atomic E-state index is 0.647. The van der Waals surface area contributed by atoms with Gasteiger partial charge in [0.05, 0.1) is 11.7 Å². The summed E-state index contributed by atoms with van der Waals surface area (Å²) in [6, 6.07) is 0.647. The van der Waals surface area contributed by atoms with Crippen molar-refractivity contribution in [2.75, 3.05) is 12.3 Å². The molecule has 0 unspecified atom stereocenters. The first kappa shape index (κ1) is 11.6. The third kappa shape index (κ3) is 1.49. The van der Waals surface area contributed by atoms with Crippen LogP contribution >= 0.6 is 0 Å². The number of nitrogens with two attached hydrogens (primary N) is 1. The van der Waals surface area contributed by atoms with Crippen LogP contribution < -0.4 is 11.1 Å².